The highest BCUT2D eigenvalue weighted by Crippen LogP contribution is 2.17. The van der Waals surface area contributed by atoms with Crippen molar-refractivity contribution in [1.29, 1.82) is 0 Å². The smallest absolute Gasteiger partial charge is 0.234 e. The largest absolute Gasteiger partial charge is 0.325 e. The van der Waals surface area contributed by atoms with Crippen LogP contribution in [0.3, 0.4) is 0 Å². The maximum atomic E-state index is 12.1. The predicted octanol–water partition coefficient (Wildman–Crippen LogP) is 3.80. The standard InChI is InChI=1S/C18H20N4OS/c1-2-3-6-14-8-10-15(11-9-14)19-17(23)13-24-18-21-20-16-7-4-5-12-22(16)18/h4-5,7-12H,2-3,6,13H2,1H3,(H,19,23). The van der Waals surface area contributed by atoms with E-state index in [1.54, 1.807) is 0 Å². The number of unbranched alkanes of at least 4 members (excludes halogenated alkanes) is 1. The highest BCUT2D eigenvalue weighted by atomic mass is 32.2. The summed E-state index contributed by atoms with van der Waals surface area (Å²) < 4.78 is 1.88. The number of anilines is 1. The number of nitrogens with one attached hydrogen (secondary N) is 1. The van der Waals surface area contributed by atoms with Gasteiger partial charge in [0.1, 0.15) is 0 Å². The first-order chi connectivity index (χ1) is 11.8. The summed E-state index contributed by atoms with van der Waals surface area (Å²) in [4.78, 5) is 12.1. The van der Waals surface area contributed by atoms with Gasteiger partial charge in [0.25, 0.3) is 0 Å². The zero-order valence-corrected chi connectivity index (χ0v) is 14.4. The summed E-state index contributed by atoms with van der Waals surface area (Å²) in [6, 6.07) is 13.8. The number of carbonyl (C=O) groups excluding carboxylic acids is 1. The number of benzene rings is 1. The molecule has 0 aliphatic heterocycles. The van der Waals surface area contributed by atoms with Gasteiger partial charge in [-0.1, -0.05) is 43.3 Å². The molecule has 0 saturated carbocycles. The van der Waals surface area contributed by atoms with Gasteiger partial charge in [0, 0.05) is 11.9 Å². The third-order valence-electron chi connectivity index (χ3n) is 3.67. The molecule has 1 amide bonds. The Bertz CT molecular complexity index is 813. The van der Waals surface area contributed by atoms with Gasteiger partial charge in [-0.2, -0.15) is 0 Å². The fourth-order valence-corrected chi connectivity index (χ4v) is 3.11. The molecule has 1 N–H and O–H groups in total. The van der Waals surface area contributed by atoms with Crippen LogP contribution in [0.25, 0.3) is 5.65 Å². The molecular weight excluding hydrogens is 320 g/mol. The number of pyridine rings is 1. The van der Waals surface area contributed by atoms with E-state index in [-0.39, 0.29) is 5.91 Å². The monoisotopic (exact) mass is 340 g/mol. The molecule has 3 aromatic rings. The van der Waals surface area contributed by atoms with E-state index in [2.05, 4.69) is 34.6 Å². The van der Waals surface area contributed by atoms with E-state index < -0.39 is 0 Å². The van der Waals surface area contributed by atoms with E-state index in [0.717, 1.165) is 22.9 Å². The molecule has 0 aliphatic rings. The Balaban J connectivity index is 1.54. The second kappa shape index (κ2) is 7.97. The van der Waals surface area contributed by atoms with Gasteiger partial charge in [-0.3, -0.25) is 9.20 Å². The highest BCUT2D eigenvalue weighted by Gasteiger charge is 2.09. The lowest BCUT2D eigenvalue weighted by molar-refractivity contribution is -0.113. The first-order valence-corrected chi connectivity index (χ1v) is 9.06. The molecule has 0 saturated heterocycles. The van der Waals surface area contributed by atoms with Crippen LogP contribution in [0.2, 0.25) is 0 Å². The molecule has 2 heterocycles. The lowest BCUT2D eigenvalue weighted by atomic mass is 10.1. The first-order valence-electron chi connectivity index (χ1n) is 8.07. The minimum Gasteiger partial charge on any atom is -0.325 e. The molecule has 0 spiro atoms. The number of fused-ring (bicyclic) bond motifs is 1. The van der Waals surface area contributed by atoms with E-state index in [1.807, 2.05) is 40.9 Å². The third kappa shape index (κ3) is 4.14. The van der Waals surface area contributed by atoms with E-state index >= 15 is 0 Å². The minimum atomic E-state index is -0.0472. The van der Waals surface area contributed by atoms with Crippen LogP contribution >= 0.6 is 11.8 Å². The molecule has 5 nitrogen and oxygen atoms in total. The number of hydrogen-bond acceptors (Lipinski definition) is 4. The van der Waals surface area contributed by atoms with E-state index in [9.17, 15) is 4.79 Å². The van der Waals surface area contributed by atoms with Crippen molar-refractivity contribution in [2.75, 3.05) is 11.1 Å². The van der Waals surface area contributed by atoms with Crippen molar-refractivity contribution in [3.05, 3.63) is 54.2 Å². The molecule has 0 fully saturated rings. The maximum Gasteiger partial charge on any atom is 0.234 e. The minimum absolute atomic E-state index is 0.0472. The summed E-state index contributed by atoms with van der Waals surface area (Å²) in [6.07, 6.45) is 5.35. The van der Waals surface area contributed by atoms with Gasteiger partial charge >= 0.3 is 0 Å². The molecule has 2 aromatic heterocycles. The van der Waals surface area contributed by atoms with Crippen LogP contribution in [0, 0.1) is 0 Å². The second-order valence-corrected chi connectivity index (χ2v) is 6.49. The van der Waals surface area contributed by atoms with Crippen molar-refractivity contribution in [3.8, 4) is 0 Å². The Morgan fingerprint density at radius 3 is 2.79 bits per heavy atom. The highest BCUT2D eigenvalue weighted by molar-refractivity contribution is 7.99. The van der Waals surface area contributed by atoms with Crippen LogP contribution in [0.1, 0.15) is 25.3 Å². The van der Waals surface area contributed by atoms with Crippen molar-refractivity contribution < 1.29 is 4.79 Å². The summed E-state index contributed by atoms with van der Waals surface area (Å²) in [7, 11) is 0. The molecule has 0 aliphatic carbocycles. The van der Waals surface area contributed by atoms with Crippen LogP contribution < -0.4 is 5.32 Å². The van der Waals surface area contributed by atoms with E-state index in [0.29, 0.717) is 5.75 Å². The fourth-order valence-electron chi connectivity index (χ4n) is 2.38. The van der Waals surface area contributed by atoms with Crippen molar-refractivity contribution in [1.82, 2.24) is 14.6 Å². The maximum absolute atomic E-state index is 12.1. The van der Waals surface area contributed by atoms with Gasteiger partial charge in [0.2, 0.25) is 5.91 Å². The quantitative estimate of drug-likeness (QED) is 0.665. The lowest BCUT2D eigenvalue weighted by Gasteiger charge is -2.06. The number of aromatic nitrogens is 3. The zero-order chi connectivity index (χ0) is 16.8. The molecule has 0 radical (unpaired) electrons. The average molecular weight is 340 g/mol. The molecule has 0 bridgehead atoms. The average Bonchev–Trinajstić information content (AvgIpc) is 3.03. The summed E-state index contributed by atoms with van der Waals surface area (Å²) >= 11 is 1.38. The van der Waals surface area contributed by atoms with Crippen LogP contribution in [0.15, 0.2) is 53.8 Å². The van der Waals surface area contributed by atoms with Gasteiger partial charge in [-0.25, -0.2) is 0 Å². The molecule has 0 atom stereocenters. The Morgan fingerprint density at radius 2 is 2.00 bits per heavy atom. The molecule has 6 heteroatoms. The Labute approximate surface area is 145 Å². The summed E-state index contributed by atoms with van der Waals surface area (Å²) in [5, 5.41) is 11.8. The first kappa shape index (κ1) is 16.5. The van der Waals surface area contributed by atoms with Crippen LogP contribution in [-0.4, -0.2) is 26.3 Å². The van der Waals surface area contributed by atoms with Crippen molar-refractivity contribution in [2.45, 2.75) is 31.3 Å². The number of carbonyl (C=O) groups is 1. The summed E-state index contributed by atoms with van der Waals surface area (Å²) in [6.45, 7) is 2.19. The molecule has 24 heavy (non-hydrogen) atoms. The zero-order valence-electron chi connectivity index (χ0n) is 13.6. The van der Waals surface area contributed by atoms with Gasteiger partial charge in [0.05, 0.1) is 5.75 Å². The van der Waals surface area contributed by atoms with Gasteiger partial charge < -0.3 is 5.32 Å². The lowest BCUT2D eigenvalue weighted by Crippen LogP contribution is -2.14. The fraction of sp³-hybridized carbons (Fsp3) is 0.278. The van der Waals surface area contributed by atoms with Crippen molar-refractivity contribution in [2.24, 2.45) is 0 Å². The van der Waals surface area contributed by atoms with Gasteiger partial charge in [-0.15, -0.1) is 10.2 Å². The molecule has 124 valence electrons. The molecular formula is C18H20N4OS. The van der Waals surface area contributed by atoms with Crippen LogP contribution in [0.5, 0.6) is 0 Å². The number of amides is 1. The van der Waals surface area contributed by atoms with E-state index in [1.165, 1.54) is 30.2 Å². The van der Waals surface area contributed by atoms with Crippen LogP contribution in [-0.2, 0) is 11.2 Å². The van der Waals surface area contributed by atoms with Gasteiger partial charge in [-0.05, 0) is 42.7 Å². The van der Waals surface area contributed by atoms with Gasteiger partial charge in [0.15, 0.2) is 10.8 Å². The summed E-state index contributed by atoms with van der Waals surface area (Å²) in [5.41, 5.74) is 2.91. The summed E-state index contributed by atoms with van der Waals surface area (Å²) in [5.74, 6) is 0.252. The molecule has 1 aromatic carbocycles. The predicted molar refractivity (Wildman–Crippen MR) is 97.4 cm³/mol. The number of hydrogen-bond donors (Lipinski definition) is 1. The third-order valence-corrected chi connectivity index (χ3v) is 4.61. The SMILES string of the molecule is CCCCc1ccc(NC(=O)CSc2nnc3ccccn23)cc1. The number of thioether (sulfide) groups is 1. The Kier molecular flexibility index (Phi) is 5.48. The van der Waals surface area contributed by atoms with Crippen molar-refractivity contribution >= 4 is 29.0 Å². The van der Waals surface area contributed by atoms with Crippen LogP contribution in [0.4, 0.5) is 5.69 Å². The Hall–Kier alpha value is -2.34. The Morgan fingerprint density at radius 1 is 1.17 bits per heavy atom. The molecule has 0 unspecified atom stereocenters. The van der Waals surface area contributed by atoms with Crippen molar-refractivity contribution in [3.63, 3.8) is 0 Å². The second-order valence-electron chi connectivity index (χ2n) is 5.55. The normalized spacial score (nSPS) is 10.9. The number of aryl methyl sites for hydroxylation is 1. The number of rotatable bonds is 7. The number of nitrogens with zero attached hydrogens (tertiary/aromatic N) is 3. The topological polar surface area (TPSA) is 59.3 Å². The van der Waals surface area contributed by atoms with E-state index in [4.69, 9.17) is 0 Å². The molecule has 3 rings (SSSR count).